The largest absolute Gasteiger partial charge is 0.369 e. The summed E-state index contributed by atoms with van der Waals surface area (Å²) in [5.74, 6) is 0. The van der Waals surface area contributed by atoms with Gasteiger partial charge in [0.05, 0.1) is 12.2 Å². The normalized spacial score (nSPS) is 22.3. The van der Waals surface area contributed by atoms with E-state index in [-0.39, 0.29) is 5.60 Å². The lowest BCUT2D eigenvalue weighted by Crippen LogP contribution is -2.48. The molecule has 2 fully saturated rings. The van der Waals surface area contributed by atoms with Crippen LogP contribution in [0.3, 0.4) is 0 Å². The Morgan fingerprint density at radius 3 is 2.30 bits per heavy atom. The molecular formula is C19H29N3O. The molecule has 1 N–H and O–H groups in total. The van der Waals surface area contributed by atoms with Gasteiger partial charge in [-0.25, -0.2) is 0 Å². The predicted molar refractivity (Wildman–Crippen MR) is 94.2 cm³/mol. The quantitative estimate of drug-likeness (QED) is 0.787. The third-order valence-corrected chi connectivity index (χ3v) is 5.31. The van der Waals surface area contributed by atoms with E-state index in [9.17, 15) is 0 Å². The molecule has 1 aromatic rings. The lowest BCUT2D eigenvalue weighted by Gasteiger charge is -2.35. The van der Waals surface area contributed by atoms with E-state index in [1.165, 1.54) is 24.6 Å². The smallest absolute Gasteiger partial charge is 0.0931 e. The number of nitrogens with zero attached hydrogens (tertiary/aromatic N) is 2. The molecule has 0 spiro atoms. The number of hydrogen-bond acceptors (Lipinski definition) is 4. The molecule has 1 saturated carbocycles. The van der Waals surface area contributed by atoms with Crippen LogP contribution < -0.4 is 0 Å². The highest BCUT2D eigenvalue weighted by Crippen LogP contribution is 2.41. The Balaban J connectivity index is 1.48. The van der Waals surface area contributed by atoms with Crippen LogP contribution in [0, 0.1) is 5.41 Å². The first-order valence-electron chi connectivity index (χ1n) is 8.95. The third-order valence-electron chi connectivity index (χ3n) is 5.31. The summed E-state index contributed by atoms with van der Waals surface area (Å²) in [6.45, 7) is 6.96. The van der Waals surface area contributed by atoms with Crippen molar-refractivity contribution < 1.29 is 4.74 Å². The van der Waals surface area contributed by atoms with Gasteiger partial charge in [0.1, 0.15) is 0 Å². The van der Waals surface area contributed by atoms with Gasteiger partial charge in [-0.05, 0) is 18.4 Å². The van der Waals surface area contributed by atoms with Crippen molar-refractivity contribution in [3.05, 3.63) is 35.9 Å². The van der Waals surface area contributed by atoms with Crippen LogP contribution in [0.25, 0.3) is 0 Å². The SMILES string of the molecule is N=CCN1CCN(CCOC2(c3ccccc3)CCCC2)CC1. The summed E-state index contributed by atoms with van der Waals surface area (Å²) in [5, 5.41) is 7.20. The van der Waals surface area contributed by atoms with Gasteiger partial charge in [-0.15, -0.1) is 0 Å². The van der Waals surface area contributed by atoms with Crippen LogP contribution in [0.15, 0.2) is 30.3 Å². The maximum Gasteiger partial charge on any atom is 0.0931 e. The van der Waals surface area contributed by atoms with Crippen molar-refractivity contribution >= 4 is 6.21 Å². The van der Waals surface area contributed by atoms with Gasteiger partial charge in [0.25, 0.3) is 0 Å². The van der Waals surface area contributed by atoms with Crippen LogP contribution in [0.5, 0.6) is 0 Å². The standard InChI is InChI=1S/C19H29N3O/c20-10-11-21-12-14-22(15-13-21)16-17-23-19(8-4-5-9-19)18-6-2-1-3-7-18/h1-3,6-7,10,20H,4-5,8-9,11-17H2. The van der Waals surface area contributed by atoms with Gasteiger partial charge in [0.2, 0.25) is 0 Å². The summed E-state index contributed by atoms with van der Waals surface area (Å²) in [4.78, 5) is 4.83. The molecule has 1 aliphatic carbocycles. The number of nitrogens with one attached hydrogen (secondary N) is 1. The molecule has 3 rings (SSSR count). The summed E-state index contributed by atoms with van der Waals surface area (Å²) < 4.78 is 6.46. The topological polar surface area (TPSA) is 39.6 Å². The number of benzene rings is 1. The number of hydrogen-bond donors (Lipinski definition) is 1. The number of piperazine rings is 1. The molecule has 0 bridgehead atoms. The molecule has 0 radical (unpaired) electrons. The highest BCUT2D eigenvalue weighted by molar-refractivity contribution is 5.55. The van der Waals surface area contributed by atoms with Crippen LogP contribution in [-0.2, 0) is 10.3 Å². The zero-order valence-corrected chi connectivity index (χ0v) is 14.0. The summed E-state index contributed by atoms with van der Waals surface area (Å²) in [6.07, 6.45) is 6.37. The molecule has 4 heteroatoms. The molecule has 2 aliphatic rings. The minimum atomic E-state index is -0.0384. The molecule has 126 valence electrons. The summed E-state index contributed by atoms with van der Waals surface area (Å²) in [5.41, 5.74) is 1.32. The van der Waals surface area contributed by atoms with Crippen molar-refractivity contribution in [1.82, 2.24) is 9.80 Å². The molecule has 1 aliphatic heterocycles. The van der Waals surface area contributed by atoms with Gasteiger partial charge in [-0.2, -0.15) is 0 Å². The summed E-state index contributed by atoms with van der Waals surface area (Å²) in [7, 11) is 0. The molecular weight excluding hydrogens is 286 g/mol. The van der Waals surface area contributed by atoms with Crippen molar-refractivity contribution in [3.8, 4) is 0 Å². The minimum absolute atomic E-state index is 0.0384. The first-order chi connectivity index (χ1) is 11.3. The molecule has 1 heterocycles. The summed E-state index contributed by atoms with van der Waals surface area (Å²) >= 11 is 0. The number of rotatable bonds is 7. The van der Waals surface area contributed by atoms with Crippen molar-refractivity contribution in [2.24, 2.45) is 0 Å². The van der Waals surface area contributed by atoms with E-state index in [2.05, 4.69) is 40.1 Å². The van der Waals surface area contributed by atoms with Crippen LogP contribution in [0.1, 0.15) is 31.2 Å². The second-order valence-corrected chi connectivity index (χ2v) is 6.76. The van der Waals surface area contributed by atoms with E-state index in [4.69, 9.17) is 10.1 Å². The lowest BCUT2D eigenvalue weighted by atomic mass is 9.92. The number of ether oxygens (including phenoxy) is 1. The van der Waals surface area contributed by atoms with E-state index in [0.717, 1.165) is 58.7 Å². The third kappa shape index (κ3) is 4.19. The molecule has 1 aromatic carbocycles. The van der Waals surface area contributed by atoms with E-state index in [0.29, 0.717) is 0 Å². The van der Waals surface area contributed by atoms with Crippen LogP contribution >= 0.6 is 0 Å². The monoisotopic (exact) mass is 315 g/mol. The molecule has 1 saturated heterocycles. The first kappa shape index (κ1) is 16.6. The van der Waals surface area contributed by atoms with Crippen molar-refractivity contribution in [2.45, 2.75) is 31.3 Å². The Hall–Kier alpha value is -1.23. The van der Waals surface area contributed by atoms with E-state index in [1.54, 1.807) is 0 Å². The maximum atomic E-state index is 7.20. The van der Waals surface area contributed by atoms with Gasteiger partial charge in [0.15, 0.2) is 0 Å². The highest BCUT2D eigenvalue weighted by atomic mass is 16.5. The minimum Gasteiger partial charge on any atom is -0.369 e. The van der Waals surface area contributed by atoms with Gasteiger partial charge < -0.3 is 10.1 Å². The summed E-state index contributed by atoms with van der Waals surface area (Å²) in [6, 6.07) is 10.8. The predicted octanol–water partition coefficient (Wildman–Crippen LogP) is 2.74. The van der Waals surface area contributed by atoms with Crippen LogP contribution in [0.2, 0.25) is 0 Å². The highest BCUT2D eigenvalue weighted by Gasteiger charge is 2.36. The fraction of sp³-hybridized carbons (Fsp3) is 0.632. The Kier molecular flexibility index (Phi) is 5.81. The lowest BCUT2D eigenvalue weighted by molar-refractivity contribution is -0.0554. The zero-order chi connectivity index (χ0) is 16.0. The van der Waals surface area contributed by atoms with Gasteiger partial charge in [-0.1, -0.05) is 43.2 Å². The fourth-order valence-electron chi connectivity index (χ4n) is 3.90. The Morgan fingerprint density at radius 1 is 1.00 bits per heavy atom. The Labute approximate surface area is 139 Å². The Bertz CT molecular complexity index is 477. The van der Waals surface area contributed by atoms with Gasteiger partial charge in [0, 0.05) is 45.5 Å². The molecule has 23 heavy (non-hydrogen) atoms. The molecule has 4 nitrogen and oxygen atoms in total. The molecule has 0 unspecified atom stereocenters. The molecule has 0 aromatic heterocycles. The molecule has 0 atom stereocenters. The zero-order valence-electron chi connectivity index (χ0n) is 14.0. The van der Waals surface area contributed by atoms with Gasteiger partial charge >= 0.3 is 0 Å². The second kappa shape index (κ2) is 8.04. The average Bonchev–Trinajstić information content (AvgIpc) is 3.08. The van der Waals surface area contributed by atoms with E-state index >= 15 is 0 Å². The van der Waals surface area contributed by atoms with Crippen LogP contribution in [0.4, 0.5) is 0 Å². The van der Waals surface area contributed by atoms with Crippen molar-refractivity contribution in [2.75, 3.05) is 45.9 Å². The van der Waals surface area contributed by atoms with Crippen molar-refractivity contribution in [3.63, 3.8) is 0 Å². The maximum absolute atomic E-state index is 7.20. The van der Waals surface area contributed by atoms with E-state index in [1.807, 2.05) is 0 Å². The first-order valence-corrected chi connectivity index (χ1v) is 8.95. The Morgan fingerprint density at radius 2 is 1.65 bits per heavy atom. The van der Waals surface area contributed by atoms with Gasteiger partial charge in [-0.3, -0.25) is 9.80 Å². The van der Waals surface area contributed by atoms with Crippen LogP contribution in [-0.4, -0.2) is 61.9 Å². The fourth-order valence-corrected chi connectivity index (χ4v) is 3.90. The average molecular weight is 315 g/mol. The molecule has 0 amide bonds. The second-order valence-electron chi connectivity index (χ2n) is 6.76. The van der Waals surface area contributed by atoms with E-state index < -0.39 is 0 Å². The van der Waals surface area contributed by atoms with Crippen molar-refractivity contribution in [1.29, 1.82) is 5.41 Å².